The molecule has 5 nitrogen and oxygen atoms in total. The monoisotopic (exact) mass is 362 g/mol. The zero-order chi connectivity index (χ0) is 19.1. The molecule has 27 heavy (non-hydrogen) atoms. The van der Waals surface area contributed by atoms with Gasteiger partial charge >= 0.3 is 0 Å². The van der Waals surface area contributed by atoms with Crippen LogP contribution in [-0.2, 0) is 6.61 Å². The van der Waals surface area contributed by atoms with Crippen molar-refractivity contribution in [2.45, 2.75) is 40.2 Å². The number of aliphatic hydroxyl groups excluding tert-OH is 1. The molecule has 0 saturated carbocycles. The Labute approximate surface area is 157 Å². The first-order chi connectivity index (χ1) is 13.0. The van der Waals surface area contributed by atoms with Crippen molar-refractivity contribution >= 4 is 11.0 Å². The molecule has 0 atom stereocenters. The first-order valence-corrected chi connectivity index (χ1v) is 9.05. The van der Waals surface area contributed by atoms with Crippen LogP contribution in [-0.4, -0.2) is 15.2 Å². The number of rotatable bonds is 4. The van der Waals surface area contributed by atoms with Crippen molar-refractivity contribution in [3.05, 3.63) is 59.2 Å². The molecule has 4 rings (SSSR count). The molecule has 0 aliphatic carbocycles. The average Bonchev–Trinajstić information content (AvgIpc) is 3.24. The summed E-state index contributed by atoms with van der Waals surface area (Å²) in [6, 6.07) is 11.8. The van der Waals surface area contributed by atoms with Crippen LogP contribution in [0.4, 0.5) is 0 Å². The van der Waals surface area contributed by atoms with Crippen molar-refractivity contribution in [1.29, 1.82) is 0 Å². The van der Waals surface area contributed by atoms with Gasteiger partial charge in [-0.15, -0.1) is 0 Å². The lowest BCUT2D eigenvalue weighted by molar-refractivity contribution is 0.282. The third-order valence-corrected chi connectivity index (χ3v) is 4.76. The van der Waals surface area contributed by atoms with E-state index < -0.39 is 0 Å². The molecule has 138 valence electrons. The largest absolute Gasteiger partial charge is 0.458 e. The van der Waals surface area contributed by atoms with Crippen LogP contribution in [0.2, 0.25) is 0 Å². The minimum absolute atomic E-state index is 0.0179. The Kier molecular flexibility index (Phi) is 4.32. The van der Waals surface area contributed by atoms with E-state index in [1.807, 2.05) is 44.2 Å². The number of aryl methyl sites for hydroxylation is 2. The van der Waals surface area contributed by atoms with Crippen molar-refractivity contribution in [2.75, 3.05) is 0 Å². The SMILES string of the molecule is Cc1noc(C)c1-c1cc2cc(C(C)C)oc2c(-c2cccc(CO)c2)n1. The highest BCUT2D eigenvalue weighted by Gasteiger charge is 2.19. The van der Waals surface area contributed by atoms with Crippen LogP contribution in [0.15, 0.2) is 45.3 Å². The summed E-state index contributed by atoms with van der Waals surface area (Å²) in [7, 11) is 0. The molecule has 5 heteroatoms. The van der Waals surface area contributed by atoms with E-state index in [2.05, 4.69) is 25.1 Å². The van der Waals surface area contributed by atoms with Crippen LogP contribution in [0.5, 0.6) is 0 Å². The standard InChI is InChI=1S/C22H22N2O3/c1-12(2)19-10-17-9-18(20-13(3)24-27-14(20)4)23-21(22(17)26-19)16-7-5-6-15(8-16)11-25/h5-10,12,25H,11H2,1-4H3. The van der Waals surface area contributed by atoms with Gasteiger partial charge in [0.1, 0.15) is 17.2 Å². The fraction of sp³-hybridized carbons (Fsp3) is 0.273. The van der Waals surface area contributed by atoms with E-state index in [9.17, 15) is 5.11 Å². The molecule has 1 N–H and O–H groups in total. The maximum atomic E-state index is 9.51. The van der Waals surface area contributed by atoms with E-state index in [1.54, 1.807) is 0 Å². The number of hydrogen-bond acceptors (Lipinski definition) is 5. The molecule has 0 radical (unpaired) electrons. The fourth-order valence-corrected chi connectivity index (χ4v) is 3.34. The summed E-state index contributed by atoms with van der Waals surface area (Å²) < 4.78 is 11.5. The Hall–Kier alpha value is -2.92. The number of fused-ring (bicyclic) bond motifs is 1. The Morgan fingerprint density at radius 3 is 2.59 bits per heavy atom. The van der Waals surface area contributed by atoms with Gasteiger partial charge in [0.15, 0.2) is 5.58 Å². The molecule has 0 fully saturated rings. The molecule has 0 spiro atoms. The van der Waals surface area contributed by atoms with Crippen molar-refractivity contribution in [3.8, 4) is 22.5 Å². The van der Waals surface area contributed by atoms with E-state index in [0.29, 0.717) is 0 Å². The lowest BCUT2D eigenvalue weighted by atomic mass is 10.0. The maximum absolute atomic E-state index is 9.51. The van der Waals surface area contributed by atoms with Gasteiger partial charge in [-0.05, 0) is 37.6 Å². The highest BCUT2D eigenvalue weighted by atomic mass is 16.5. The highest BCUT2D eigenvalue weighted by molar-refractivity contribution is 5.94. The lowest BCUT2D eigenvalue weighted by Crippen LogP contribution is -1.92. The molecule has 0 aliphatic heterocycles. The second-order valence-corrected chi connectivity index (χ2v) is 7.14. The number of furan rings is 1. The zero-order valence-electron chi connectivity index (χ0n) is 15.9. The van der Waals surface area contributed by atoms with Gasteiger partial charge in [-0.3, -0.25) is 0 Å². The summed E-state index contributed by atoms with van der Waals surface area (Å²) in [6.45, 7) is 8.00. The van der Waals surface area contributed by atoms with Crippen LogP contribution >= 0.6 is 0 Å². The highest BCUT2D eigenvalue weighted by Crippen LogP contribution is 2.36. The van der Waals surface area contributed by atoms with Gasteiger partial charge < -0.3 is 14.0 Å². The molecule has 0 unspecified atom stereocenters. The third kappa shape index (κ3) is 3.04. The lowest BCUT2D eigenvalue weighted by Gasteiger charge is -2.08. The molecule has 3 aromatic heterocycles. The van der Waals surface area contributed by atoms with Crippen LogP contribution in [0, 0.1) is 13.8 Å². The summed E-state index contributed by atoms with van der Waals surface area (Å²) in [5.74, 6) is 1.93. The topological polar surface area (TPSA) is 72.3 Å². The van der Waals surface area contributed by atoms with Gasteiger partial charge in [-0.1, -0.05) is 37.2 Å². The van der Waals surface area contributed by atoms with Crippen molar-refractivity contribution in [1.82, 2.24) is 10.1 Å². The van der Waals surface area contributed by atoms with Gasteiger partial charge in [0.05, 0.1) is 23.6 Å². The summed E-state index contributed by atoms with van der Waals surface area (Å²) in [5.41, 5.74) is 5.77. The molecule has 0 bridgehead atoms. The first-order valence-electron chi connectivity index (χ1n) is 9.05. The molecule has 0 saturated heterocycles. The summed E-state index contributed by atoms with van der Waals surface area (Å²) >= 11 is 0. The van der Waals surface area contributed by atoms with Crippen molar-refractivity contribution < 1.29 is 14.0 Å². The van der Waals surface area contributed by atoms with Gasteiger partial charge in [0.2, 0.25) is 0 Å². The Balaban J connectivity index is 2.02. The Morgan fingerprint density at radius 1 is 1.11 bits per heavy atom. The quantitative estimate of drug-likeness (QED) is 0.527. The number of nitrogens with zero attached hydrogens (tertiary/aromatic N) is 2. The Bertz CT molecular complexity index is 1100. The average molecular weight is 362 g/mol. The van der Waals surface area contributed by atoms with E-state index in [0.717, 1.165) is 56.3 Å². The molecular weight excluding hydrogens is 340 g/mol. The minimum atomic E-state index is -0.0179. The number of pyridine rings is 1. The predicted molar refractivity (Wildman–Crippen MR) is 104 cm³/mol. The predicted octanol–water partition coefficient (Wildman–Crippen LogP) is 5.38. The Morgan fingerprint density at radius 2 is 1.93 bits per heavy atom. The van der Waals surface area contributed by atoms with Crippen LogP contribution in [0.3, 0.4) is 0 Å². The van der Waals surface area contributed by atoms with E-state index in [4.69, 9.17) is 13.9 Å². The summed E-state index contributed by atoms with van der Waals surface area (Å²) in [4.78, 5) is 4.91. The number of aliphatic hydroxyl groups is 1. The number of aromatic nitrogens is 2. The van der Waals surface area contributed by atoms with Gasteiger partial charge in [-0.2, -0.15) is 0 Å². The molecule has 3 heterocycles. The van der Waals surface area contributed by atoms with Gasteiger partial charge in [0.25, 0.3) is 0 Å². The van der Waals surface area contributed by atoms with Crippen LogP contribution in [0.1, 0.15) is 42.5 Å². The van der Waals surface area contributed by atoms with E-state index >= 15 is 0 Å². The summed E-state index contributed by atoms with van der Waals surface area (Å²) in [5, 5.41) is 14.6. The molecular formula is C22H22N2O3. The van der Waals surface area contributed by atoms with Crippen LogP contribution < -0.4 is 0 Å². The minimum Gasteiger partial charge on any atom is -0.458 e. The van der Waals surface area contributed by atoms with E-state index in [1.165, 1.54) is 0 Å². The maximum Gasteiger partial charge on any atom is 0.160 e. The van der Waals surface area contributed by atoms with Crippen LogP contribution in [0.25, 0.3) is 33.5 Å². The molecule has 4 aromatic rings. The van der Waals surface area contributed by atoms with Crippen molar-refractivity contribution in [3.63, 3.8) is 0 Å². The fourth-order valence-electron chi connectivity index (χ4n) is 3.34. The molecule has 1 aromatic carbocycles. The third-order valence-electron chi connectivity index (χ3n) is 4.76. The number of hydrogen-bond donors (Lipinski definition) is 1. The van der Waals surface area contributed by atoms with Gasteiger partial charge in [-0.25, -0.2) is 4.98 Å². The normalized spacial score (nSPS) is 11.6. The number of benzene rings is 1. The molecule has 0 aliphatic rings. The zero-order valence-corrected chi connectivity index (χ0v) is 15.9. The first kappa shape index (κ1) is 17.5. The van der Waals surface area contributed by atoms with E-state index in [-0.39, 0.29) is 12.5 Å². The van der Waals surface area contributed by atoms with Crippen molar-refractivity contribution in [2.24, 2.45) is 0 Å². The second-order valence-electron chi connectivity index (χ2n) is 7.14. The second kappa shape index (κ2) is 6.67. The summed E-state index contributed by atoms with van der Waals surface area (Å²) in [6.07, 6.45) is 0. The smallest absolute Gasteiger partial charge is 0.160 e. The van der Waals surface area contributed by atoms with Gasteiger partial charge in [0, 0.05) is 16.9 Å². The molecule has 0 amide bonds.